The van der Waals surface area contributed by atoms with Crippen LogP contribution < -0.4 is 11.3 Å². The van der Waals surface area contributed by atoms with Gasteiger partial charge in [0.1, 0.15) is 17.0 Å². The first kappa shape index (κ1) is 13.4. The molecule has 4 nitrogen and oxygen atoms in total. The van der Waals surface area contributed by atoms with E-state index in [1.807, 2.05) is 24.3 Å². The highest BCUT2D eigenvalue weighted by Crippen LogP contribution is 2.31. The van der Waals surface area contributed by atoms with Crippen molar-refractivity contribution in [1.82, 2.24) is 10.4 Å². The molecule has 0 aliphatic carbocycles. The quantitative estimate of drug-likeness (QED) is 0.440. The van der Waals surface area contributed by atoms with Crippen molar-refractivity contribution in [1.29, 1.82) is 0 Å². The second kappa shape index (κ2) is 5.42. The molecule has 0 amide bonds. The van der Waals surface area contributed by atoms with Crippen LogP contribution in [-0.4, -0.2) is 4.98 Å². The van der Waals surface area contributed by atoms with Crippen molar-refractivity contribution in [3.8, 4) is 0 Å². The number of rotatable bonds is 3. The van der Waals surface area contributed by atoms with Crippen LogP contribution in [0.4, 0.5) is 0 Å². The highest BCUT2D eigenvalue weighted by molar-refractivity contribution is 6.34. The molecule has 2 heterocycles. The molecule has 0 saturated carbocycles. The Balaban J connectivity index is 2.07. The van der Waals surface area contributed by atoms with E-state index in [1.165, 1.54) is 0 Å². The molecule has 2 aromatic heterocycles. The second-order valence-electron chi connectivity index (χ2n) is 4.32. The summed E-state index contributed by atoms with van der Waals surface area (Å²) in [4.78, 5) is 4.05. The van der Waals surface area contributed by atoms with Gasteiger partial charge in [-0.25, -0.2) is 10.4 Å². The first-order valence-electron chi connectivity index (χ1n) is 5.94. The number of nitrogens with two attached hydrogens (primary N) is 1. The molecular weight excluding hydrogens is 297 g/mol. The Morgan fingerprint density at radius 1 is 1.20 bits per heavy atom. The predicted octanol–water partition coefficient (Wildman–Crippen LogP) is 3.69. The third-order valence-corrected chi connectivity index (χ3v) is 3.57. The van der Waals surface area contributed by atoms with E-state index < -0.39 is 0 Å². The predicted molar refractivity (Wildman–Crippen MR) is 79.6 cm³/mol. The molecule has 102 valence electrons. The minimum atomic E-state index is -0.316. The van der Waals surface area contributed by atoms with E-state index >= 15 is 0 Å². The molecule has 3 aromatic rings. The Bertz CT molecular complexity index is 740. The molecule has 1 unspecified atom stereocenters. The summed E-state index contributed by atoms with van der Waals surface area (Å²) in [6, 6.07) is 10.7. The van der Waals surface area contributed by atoms with Crippen LogP contribution in [0.25, 0.3) is 11.0 Å². The number of aromatic nitrogens is 1. The Kier molecular flexibility index (Phi) is 3.63. The van der Waals surface area contributed by atoms with Crippen LogP contribution in [0, 0.1) is 0 Å². The van der Waals surface area contributed by atoms with E-state index in [0.717, 1.165) is 10.9 Å². The summed E-state index contributed by atoms with van der Waals surface area (Å²) in [5.41, 5.74) is 4.21. The summed E-state index contributed by atoms with van der Waals surface area (Å²) < 4.78 is 5.80. The molecule has 20 heavy (non-hydrogen) atoms. The summed E-state index contributed by atoms with van der Waals surface area (Å²) in [5, 5.41) is 1.92. The van der Waals surface area contributed by atoms with Crippen LogP contribution in [0.5, 0.6) is 0 Å². The molecule has 1 aromatic carbocycles. The molecule has 1 atom stereocenters. The number of nitrogens with one attached hydrogen (secondary N) is 1. The molecule has 0 saturated heterocycles. The van der Waals surface area contributed by atoms with E-state index in [4.69, 9.17) is 33.5 Å². The third-order valence-electron chi connectivity index (χ3n) is 3.05. The van der Waals surface area contributed by atoms with Crippen LogP contribution in [0.2, 0.25) is 10.2 Å². The van der Waals surface area contributed by atoms with Gasteiger partial charge in [-0.15, -0.1) is 0 Å². The maximum absolute atomic E-state index is 6.11. The number of hydrogen-bond acceptors (Lipinski definition) is 4. The highest BCUT2D eigenvalue weighted by atomic mass is 35.5. The third kappa shape index (κ3) is 2.39. The molecule has 3 rings (SSSR count). The number of para-hydroxylation sites is 1. The number of pyridine rings is 1. The first-order chi connectivity index (χ1) is 9.69. The highest BCUT2D eigenvalue weighted by Gasteiger charge is 2.18. The van der Waals surface area contributed by atoms with Gasteiger partial charge in [-0.2, -0.15) is 0 Å². The van der Waals surface area contributed by atoms with Crippen molar-refractivity contribution >= 4 is 34.2 Å². The van der Waals surface area contributed by atoms with E-state index in [-0.39, 0.29) is 6.04 Å². The zero-order valence-corrected chi connectivity index (χ0v) is 11.8. The largest absolute Gasteiger partial charge is 0.457 e. The number of halogens is 2. The molecule has 3 N–H and O–H groups in total. The average molecular weight is 308 g/mol. The van der Waals surface area contributed by atoms with Gasteiger partial charge in [-0.3, -0.25) is 5.84 Å². The lowest BCUT2D eigenvalue weighted by atomic mass is 10.1. The van der Waals surface area contributed by atoms with Crippen molar-refractivity contribution in [3.05, 3.63) is 64.1 Å². The van der Waals surface area contributed by atoms with E-state index in [2.05, 4.69) is 10.4 Å². The Morgan fingerprint density at radius 3 is 2.70 bits per heavy atom. The minimum absolute atomic E-state index is 0.316. The number of fused-ring (bicyclic) bond motifs is 1. The Morgan fingerprint density at radius 2 is 2.05 bits per heavy atom. The zero-order valence-electron chi connectivity index (χ0n) is 10.3. The molecule has 0 aliphatic heterocycles. The summed E-state index contributed by atoms with van der Waals surface area (Å²) in [7, 11) is 0. The maximum atomic E-state index is 6.11. The number of nitrogens with zero attached hydrogens (tertiary/aromatic N) is 1. The minimum Gasteiger partial charge on any atom is -0.457 e. The lowest BCUT2D eigenvalue weighted by Crippen LogP contribution is -2.28. The second-order valence-corrected chi connectivity index (χ2v) is 5.12. The number of hydrogen-bond donors (Lipinski definition) is 2. The topological polar surface area (TPSA) is 64.1 Å². The fourth-order valence-corrected chi connectivity index (χ4v) is 2.42. The molecule has 0 bridgehead atoms. The molecule has 6 heteroatoms. The summed E-state index contributed by atoms with van der Waals surface area (Å²) in [6.07, 6.45) is 1.65. The van der Waals surface area contributed by atoms with Gasteiger partial charge in [-0.05, 0) is 23.8 Å². The van der Waals surface area contributed by atoms with Gasteiger partial charge in [0.15, 0.2) is 5.58 Å². The summed E-state index contributed by atoms with van der Waals surface area (Å²) in [6.45, 7) is 0. The standard InChI is InChI=1S/C14H11Cl2N3O/c15-10-3-1-2-8-6-11(20-14(8)10)13(19-17)9-4-5-12(16)18-7-9/h1-7,13,19H,17H2. The molecule has 0 spiro atoms. The molecular formula is C14H11Cl2N3O. The number of furan rings is 1. The van der Waals surface area contributed by atoms with Crippen molar-refractivity contribution in [2.75, 3.05) is 0 Å². The van der Waals surface area contributed by atoms with Crippen molar-refractivity contribution in [2.45, 2.75) is 6.04 Å². The van der Waals surface area contributed by atoms with Crippen molar-refractivity contribution in [3.63, 3.8) is 0 Å². The molecule has 0 aliphatic rings. The van der Waals surface area contributed by atoms with E-state index in [1.54, 1.807) is 18.3 Å². The van der Waals surface area contributed by atoms with Gasteiger partial charge < -0.3 is 4.42 Å². The van der Waals surface area contributed by atoms with Gasteiger partial charge in [-0.1, -0.05) is 41.4 Å². The van der Waals surface area contributed by atoms with Gasteiger partial charge >= 0.3 is 0 Å². The Hall–Kier alpha value is -1.59. The molecule has 0 radical (unpaired) electrons. The normalized spacial score (nSPS) is 12.8. The number of benzene rings is 1. The van der Waals surface area contributed by atoms with Crippen molar-refractivity contribution in [2.24, 2.45) is 5.84 Å². The van der Waals surface area contributed by atoms with Gasteiger partial charge in [0, 0.05) is 11.6 Å². The number of hydrazine groups is 1. The molecule has 0 fully saturated rings. The van der Waals surface area contributed by atoms with Gasteiger partial charge in [0.2, 0.25) is 0 Å². The monoisotopic (exact) mass is 307 g/mol. The van der Waals surface area contributed by atoms with Crippen LogP contribution in [0.3, 0.4) is 0 Å². The van der Waals surface area contributed by atoms with Crippen LogP contribution in [0.15, 0.2) is 47.0 Å². The lowest BCUT2D eigenvalue weighted by Gasteiger charge is -2.13. The fraction of sp³-hybridized carbons (Fsp3) is 0.0714. The van der Waals surface area contributed by atoms with Crippen molar-refractivity contribution < 1.29 is 4.42 Å². The van der Waals surface area contributed by atoms with Crippen LogP contribution >= 0.6 is 23.2 Å². The lowest BCUT2D eigenvalue weighted by molar-refractivity contribution is 0.476. The smallest absolute Gasteiger partial charge is 0.152 e. The summed E-state index contributed by atoms with van der Waals surface area (Å²) in [5.74, 6) is 6.30. The van der Waals surface area contributed by atoms with E-state index in [0.29, 0.717) is 21.5 Å². The average Bonchev–Trinajstić information content (AvgIpc) is 2.87. The van der Waals surface area contributed by atoms with E-state index in [9.17, 15) is 0 Å². The zero-order chi connectivity index (χ0) is 14.1. The van der Waals surface area contributed by atoms with Gasteiger partial charge in [0.05, 0.1) is 5.02 Å². The van der Waals surface area contributed by atoms with Crippen LogP contribution in [-0.2, 0) is 0 Å². The first-order valence-corrected chi connectivity index (χ1v) is 6.70. The maximum Gasteiger partial charge on any atom is 0.152 e. The Labute approximate surface area is 125 Å². The fourth-order valence-electron chi connectivity index (χ4n) is 2.09. The van der Waals surface area contributed by atoms with Gasteiger partial charge in [0.25, 0.3) is 0 Å². The van der Waals surface area contributed by atoms with Crippen LogP contribution in [0.1, 0.15) is 17.4 Å². The SMILES string of the molecule is NNC(c1ccc(Cl)nc1)c1cc2cccc(Cl)c2o1. The summed E-state index contributed by atoms with van der Waals surface area (Å²) >= 11 is 11.9.